The Kier molecular flexibility index (Phi) is 3.07. The van der Waals surface area contributed by atoms with Crippen molar-refractivity contribution >= 4 is 16.6 Å². The van der Waals surface area contributed by atoms with Gasteiger partial charge in [0.05, 0.1) is 35.4 Å². The van der Waals surface area contributed by atoms with Gasteiger partial charge in [0.2, 0.25) is 0 Å². The lowest BCUT2D eigenvalue weighted by atomic mass is 10.2. The van der Waals surface area contributed by atoms with Crippen LogP contribution in [0.25, 0.3) is 10.9 Å². The second kappa shape index (κ2) is 4.89. The average molecular weight is 277 g/mol. The molecule has 1 N–H and O–H groups in total. The maximum Gasteiger partial charge on any atom is 0.311 e. The molecule has 8 heteroatoms. The summed E-state index contributed by atoms with van der Waals surface area (Å²) >= 11 is 0. The lowest BCUT2D eigenvalue weighted by molar-refractivity contribution is -0.385. The summed E-state index contributed by atoms with van der Waals surface area (Å²) in [7, 11) is 0. The molecule has 2 aromatic rings. The summed E-state index contributed by atoms with van der Waals surface area (Å²) in [5.41, 5.74) is -0.315. The van der Waals surface area contributed by atoms with Gasteiger partial charge in [-0.3, -0.25) is 14.9 Å². The Labute approximate surface area is 112 Å². The SMILES string of the molecule is O=c1[nH]cnc2cc(OC3CCOC3)c([N+](=O)[O-])cc12. The fourth-order valence-electron chi connectivity index (χ4n) is 2.11. The van der Waals surface area contributed by atoms with Crippen LogP contribution >= 0.6 is 0 Å². The number of hydrogen-bond donors (Lipinski definition) is 1. The molecule has 2 heterocycles. The number of aromatic amines is 1. The Morgan fingerprint density at radius 1 is 1.50 bits per heavy atom. The zero-order valence-corrected chi connectivity index (χ0v) is 10.4. The summed E-state index contributed by atoms with van der Waals surface area (Å²) in [6.45, 7) is 0.974. The third-order valence-electron chi connectivity index (χ3n) is 3.10. The molecule has 1 aliphatic heterocycles. The minimum absolute atomic E-state index is 0.108. The average Bonchev–Trinajstić information content (AvgIpc) is 2.91. The lowest BCUT2D eigenvalue weighted by Gasteiger charge is -2.12. The van der Waals surface area contributed by atoms with Gasteiger partial charge in [0.1, 0.15) is 6.10 Å². The van der Waals surface area contributed by atoms with E-state index in [0.717, 1.165) is 0 Å². The first kappa shape index (κ1) is 12.5. The minimum atomic E-state index is -0.572. The Balaban J connectivity index is 2.11. The Hall–Kier alpha value is -2.48. The largest absolute Gasteiger partial charge is 0.481 e. The van der Waals surface area contributed by atoms with Crippen LogP contribution in [0.4, 0.5) is 5.69 Å². The van der Waals surface area contributed by atoms with Gasteiger partial charge < -0.3 is 14.5 Å². The highest BCUT2D eigenvalue weighted by Gasteiger charge is 2.24. The number of nitrogens with zero attached hydrogens (tertiary/aromatic N) is 2. The number of ether oxygens (including phenoxy) is 2. The van der Waals surface area contributed by atoms with E-state index < -0.39 is 10.5 Å². The molecule has 1 saturated heterocycles. The van der Waals surface area contributed by atoms with Gasteiger partial charge in [-0.15, -0.1) is 0 Å². The molecule has 104 valence electrons. The standard InChI is InChI=1S/C12H11N3O5/c16-12-8-3-10(15(17)18)11(4-9(8)13-6-14-12)20-7-1-2-19-5-7/h3-4,6-7H,1-2,5H2,(H,13,14,16). The quantitative estimate of drug-likeness (QED) is 0.662. The number of nitro benzene ring substituents is 1. The number of rotatable bonds is 3. The molecule has 1 fully saturated rings. The molecule has 1 unspecified atom stereocenters. The molecule has 0 aliphatic carbocycles. The second-order valence-corrected chi connectivity index (χ2v) is 4.43. The maximum absolute atomic E-state index is 11.6. The molecule has 3 rings (SSSR count). The highest BCUT2D eigenvalue weighted by Crippen LogP contribution is 2.31. The van der Waals surface area contributed by atoms with Crippen molar-refractivity contribution in [2.75, 3.05) is 13.2 Å². The Bertz CT molecular complexity index is 721. The topological polar surface area (TPSA) is 107 Å². The lowest BCUT2D eigenvalue weighted by Crippen LogP contribution is -2.17. The summed E-state index contributed by atoms with van der Waals surface area (Å²) in [5, 5.41) is 11.3. The molecule has 0 saturated carbocycles. The molecular weight excluding hydrogens is 266 g/mol. The number of nitro groups is 1. The number of aromatic nitrogens is 2. The van der Waals surface area contributed by atoms with Gasteiger partial charge in [0.15, 0.2) is 5.75 Å². The van der Waals surface area contributed by atoms with Crippen molar-refractivity contribution in [2.24, 2.45) is 0 Å². The Morgan fingerprint density at radius 3 is 3.05 bits per heavy atom. The van der Waals surface area contributed by atoms with Crippen LogP contribution < -0.4 is 10.3 Å². The fraction of sp³-hybridized carbons (Fsp3) is 0.333. The molecule has 0 radical (unpaired) electrons. The zero-order chi connectivity index (χ0) is 14.1. The normalized spacial score (nSPS) is 18.3. The van der Waals surface area contributed by atoms with Crippen molar-refractivity contribution in [2.45, 2.75) is 12.5 Å². The molecule has 1 atom stereocenters. The summed E-state index contributed by atoms with van der Waals surface area (Å²) in [6.07, 6.45) is 1.71. The van der Waals surface area contributed by atoms with Crippen molar-refractivity contribution in [3.8, 4) is 5.75 Å². The molecule has 1 aromatic heterocycles. The summed E-state index contributed by atoms with van der Waals surface area (Å²) < 4.78 is 10.8. The molecule has 0 bridgehead atoms. The number of H-pyrrole nitrogens is 1. The highest BCUT2D eigenvalue weighted by molar-refractivity contribution is 5.82. The molecule has 20 heavy (non-hydrogen) atoms. The van der Waals surface area contributed by atoms with Crippen LogP contribution in [0.2, 0.25) is 0 Å². The molecule has 0 spiro atoms. The first-order valence-electron chi connectivity index (χ1n) is 6.05. The van der Waals surface area contributed by atoms with Gasteiger partial charge in [-0.05, 0) is 0 Å². The van der Waals surface area contributed by atoms with E-state index in [1.807, 2.05) is 0 Å². The first-order valence-corrected chi connectivity index (χ1v) is 6.05. The monoisotopic (exact) mass is 277 g/mol. The molecule has 1 aromatic carbocycles. The highest BCUT2D eigenvalue weighted by atomic mass is 16.6. The van der Waals surface area contributed by atoms with Crippen LogP contribution in [0, 0.1) is 10.1 Å². The van der Waals surface area contributed by atoms with Crippen LogP contribution in [-0.2, 0) is 4.74 Å². The van der Waals surface area contributed by atoms with Gasteiger partial charge in [-0.1, -0.05) is 0 Å². The van der Waals surface area contributed by atoms with Crippen LogP contribution in [0.5, 0.6) is 5.75 Å². The van der Waals surface area contributed by atoms with E-state index in [-0.39, 0.29) is 22.9 Å². The van der Waals surface area contributed by atoms with E-state index in [4.69, 9.17) is 9.47 Å². The maximum atomic E-state index is 11.6. The zero-order valence-electron chi connectivity index (χ0n) is 10.4. The third kappa shape index (κ3) is 2.21. The third-order valence-corrected chi connectivity index (χ3v) is 3.10. The number of fused-ring (bicyclic) bond motifs is 1. The van der Waals surface area contributed by atoms with Crippen molar-refractivity contribution in [1.29, 1.82) is 0 Å². The first-order chi connectivity index (χ1) is 9.65. The second-order valence-electron chi connectivity index (χ2n) is 4.43. The molecular formula is C12H11N3O5. The smallest absolute Gasteiger partial charge is 0.311 e. The van der Waals surface area contributed by atoms with Crippen molar-refractivity contribution in [1.82, 2.24) is 9.97 Å². The minimum Gasteiger partial charge on any atom is -0.481 e. The van der Waals surface area contributed by atoms with E-state index >= 15 is 0 Å². The van der Waals surface area contributed by atoms with Crippen LogP contribution in [0.15, 0.2) is 23.3 Å². The fourth-order valence-corrected chi connectivity index (χ4v) is 2.11. The van der Waals surface area contributed by atoms with E-state index in [2.05, 4.69) is 9.97 Å². The summed E-state index contributed by atoms with van der Waals surface area (Å²) in [6, 6.07) is 2.60. The predicted molar refractivity (Wildman–Crippen MR) is 68.9 cm³/mol. The van der Waals surface area contributed by atoms with Crippen molar-refractivity contribution in [3.63, 3.8) is 0 Å². The molecule has 0 amide bonds. The number of benzene rings is 1. The van der Waals surface area contributed by atoms with Crippen LogP contribution in [-0.4, -0.2) is 34.2 Å². The van der Waals surface area contributed by atoms with Gasteiger partial charge in [0.25, 0.3) is 5.56 Å². The predicted octanol–water partition coefficient (Wildman–Crippen LogP) is 0.999. The van der Waals surface area contributed by atoms with Gasteiger partial charge >= 0.3 is 5.69 Å². The summed E-state index contributed by atoms with van der Waals surface area (Å²) in [5.74, 6) is 0.108. The van der Waals surface area contributed by atoms with Crippen molar-refractivity contribution < 1.29 is 14.4 Å². The van der Waals surface area contributed by atoms with Gasteiger partial charge in [0, 0.05) is 18.6 Å². The molecule has 8 nitrogen and oxygen atoms in total. The van der Waals surface area contributed by atoms with E-state index in [1.54, 1.807) is 0 Å². The van der Waals surface area contributed by atoms with E-state index in [1.165, 1.54) is 18.5 Å². The van der Waals surface area contributed by atoms with Crippen LogP contribution in [0.1, 0.15) is 6.42 Å². The van der Waals surface area contributed by atoms with Gasteiger partial charge in [-0.25, -0.2) is 4.98 Å². The number of hydrogen-bond acceptors (Lipinski definition) is 6. The van der Waals surface area contributed by atoms with Gasteiger partial charge in [-0.2, -0.15) is 0 Å². The molecule has 1 aliphatic rings. The van der Waals surface area contributed by atoms with E-state index in [9.17, 15) is 14.9 Å². The number of nitrogens with one attached hydrogen (secondary N) is 1. The van der Waals surface area contributed by atoms with Crippen LogP contribution in [0.3, 0.4) is 0 Å². The summed E-state index contributed by atoms with van der Waals surface area (Å²) in [4.78, 5) is 28.5. The van der Waals surface area contributed by atoms with Crippen molar-refractivity contribution in [3.05, 3.63) is 38.9 Å². The van der Waals surface area contributed by atoms with E-state index in [0.29, 0.717) is 25.2 Å². The Morgan fingerprint density at radius 2 is 2.35 bits per heavy atom.